The molecule has 0 aliphatic rings. The van der Waals surface area contributed by atoms with E-state index in [1.165, 1.54) is 7.11 Å². The van der Waals surface area contributed by atoms with Gasteiger partial charge in [-0.15, -0.1) is 0 Å². The maximum atomic E-state index is 12.1. The molecule has 0 heterocycles. The highest BCUT2D eigenvalue weighted by atomic mass is 79.9. The van der Waals surface area contributed by atoms with E-state index in [0.717, 1.165) is 4.47 Å². The molecule has 1 amide bonds. The van der Waals surface area contributed by atoms with Gasteiger partial charge in [0, 0.05) is 24.5 Å². The summed E-state index contributed by atoms with van der Waals surface area (Å²) < 4.78 is 5.32. The number of hydrogen-bond donors (Lipinski definition) is 0. The third kappa shape index (κ3) is 4.14. The van der Waals surface area contributed by atoms with E-state index >= 15 is 0 Å². The van der Waals surface area contributed by atoms with E-state index in [9.17, 15) is 9.59 Å². The summed E-state index contributed by atoms with van der Waals surface area (Å²) in [6.07, 6.45) is 0.920. The molecule has 0 aliphatic carbocycles. The first-order valence-electron chi connectivity index (χ1n) is 5.63. The van der Waals surface area contributed by atoms with Gasteiger partial charge >= 0.3 is 5.97 Å². The lowest BCUT2D eigenvalue weighted by Gasteiger charge is -2.17. The molecule has 0 bridgehead atoms. The number of benzene rings is 1. The molecule has 0 unspecified atom stereocenters. The van der Waals surface area contributed by atoms with Crippen LogP contribution < -0.4 is 0 Å². The second-order valence-electron chi connectivity index (χ2n) is 3.89. The van der Waals surface area contributed by atoms with Crippen molar-refractivity contribution < 1.29 is 14.3 Å². The summed E-state index contributed by atoms with van der Waals surface area (Å²) in [7, 11) is 3.08. The minimum Gasteiger partial charge on any atom is -0.469 e. The first-order valence-corrected chi connectivity index (χ1v) is 6.42. The fraction of sp³-hybridized carbons (Fsp3) is 0.385. The molecule has 0 spiro atoms. The number of ether oxygens (including phenoxy) is 1. The quantitative estimate of drug-likeness (QED) is 0.785. The minimum atomic E-state index is -0.253. The Balaban J connectivity index is 2.52. The molecule has 98 valence electrons. The number of methoxy groups -OCH3 is 1. The Morgan fingerprint density at radius 1 is 1.33 bits per heavy atom. The standard InChI is InChI=1S/C13H16BrNO3/c1-15(9-5-8-12(16)18-2)13(17)10-6-3-4-7-11(10)14/h3-4,6-7H,5,8-9H2,1-2H3. The van der Waals surface area contributed by atoms with Gasteiger partial charge in [-0.05, 0) is 34.5 Å². The van der Waals surface area contributed by atoms with Crippen LogP contribution in [-0.4, -0.2) is 37.5 Å². The lowest BCUT2D eigenvalue weighted by atomic mass is 10.2. The first kappa shape index (κ1) is 14.7. The molecule has 0 fully saturated rings. The van der Waals surface area contributed by atoms with Gasteiger partial charge in [0.15, 0.2) is 0 Å². The van der Waals surface area contributed by atoms with Crippen molar-refractivity contribution in [3.63, 3.8) is 0 Å². The molecule has 1 aromatic rings. The first-order chi connectivity index (χ1) is 8.56. The number of hydrogen-bond acceptors (Lipinski definition) is 3. The van der Waals surface area contributed by atoms with Crippen LogP contribution in [0.5, 0.6) is 0 Å². The Morgan fingerprint density at radius 3 is 2.61 bits per heavy atom. The lowest BCUT2D eigenvalue weighted by molar-refractivity contribution is -0.140. The van der Waals surface area contributed by atoms with Gasteiger partial charge in [0.25, 0.3) is 5.91 Å². The SMILES string of the molecule is COC(=O)CCCN(C)C(=O)c1ccccc1Br. The second kappa shape index (κ2) is 7.16. The van der Waals surface area contributed by atoms with E-state index in [1.54, 1.807) is 18.0 Å². The van der Waals surface area contributed by atoms with E-state index in [2.05, 4.69) is 20.7 Å². The Bertz CT molecular complexity index is 434. The molecule has 0 aromatic heterocycles. The summed E-state index contributed by atoms with van der Waals surface area (Å²) in [6.45, 7) is 0.523. The highest BCUT2D eigenvalue weighted by Crippen LogP contribution is 2.17. The highest BCUT2D eigenvalue weighted by Gasteiger charge is 2.14. The van der Waals surface area contributed by atoms with Crippen LogP contribution in [0.25, 0.3) is 0 Å². The van der Waals surface area contributed by atoms with E-state index in [0.29, 0.717) is 24.9 Å². The maximum Gasteiger partial charge on any atom is 0.305 e. The fourth-order valence-electron chi connectivity index (χ4n) is 1.50. The van der Waals surface area contributed by atoms with Crippen LogP contribution in [-0.2, 0) is 9.53 Å². The molecule has 0 N–H and O–H groups in total. The third-order valence-electron chi connectivity index (χ3n) is 2.55. The summed E-state index contributed by atoms with van der Waals surface area (Å²) in [5.74, 6) is -0.316. The van der Waals surface area contributed by atoms with Crippen molar-refractivity contribution in [2.75, 3.05) is 20.7 Å². The van der Waals surface area contributed by atoms with E-state index in [1.807, 2.05) is 18.2 Å². The fourth-order valence-corrected chi connectivity index (χ4v) is 1.96. The molecule has 0 atom stereocenters. The van der Waals surface area contributed by atoms with Crippen molar-refractivity contribution in [2.24, 2.45) is 0 Å². The Hall–Kier alpha value is -1.36. The number of rotatable bonds is 5. The predicted octanol–water partition coefficient (Wildman–Crippen LogP) is 2.47. The zero-order chi connectivity index (χ0) is 13.5. The van der Waals surface area contributed by atoms with Crippen molar-refractivity contribution in [3.05, 3.63) is 34.3 Å². The number of nitrogens with zero attached hydrogens (tertiary/aromatic N) is 1. The number of amides is 1. The molecule has 4 nitrogen and oxygen atoms in total. The third-order valence-corrected chi connectivity index (χ3v) is 3.24. The van der Waals surface area contributed by atoms with Crippen LogP contribution in [0, 0.1) is 0 Å². The topological polar surface area (TPSA) is 46.6 Å². The van der Waals surface area contributed by atoms with E-state index in [4.69, 9.17) is 0 Å². The van der Waals surface area contributed by atoms with Gasteiger partial charge in [-0.3, -0.25) is 9.59 Å². The van der Waals surface area contributed by atoms with Gasteiger partial charge in [-0.25, -0.2) is 0 Å². The summed E-state index contributed by atoms with van der Waals surface area (Å²) in [4.78, 5) is 24.6. The molecular formula is C13H16BrNO3. The van der Waals surface area contributed by atoms with Crippen LogP contribution in [0.15, 0.2) is 28.7 Å². The normalized spacial score (nSPS) is 9.94. The van der Waals surface area contributed by atoms with Gasteiger partial charge in [-0.2, -0.15) is 0 Å². The zero-order valence-corrected chi connectivity index (χ0v) is 12.1. The van der Waals surface area contributed by atoms with Crippen molar-refractivity contribution in [3.8, 4) is 0 Å². The summed E-state index contributed by atoms with van der Waals surface area (Å²) in [5.41, 5.74) is 0.623. The molecule has 0 aliphatic heterocycles. The molecule has 5 heteroatoms. The van der Waals surface area contributed by atoms with Crippen molar-refractivity contribution >= 4 is 27.8 Å². The molecular weight excluding hydrogens is 298 g/mol. The van der Waals surface area contributed by atoms with Crippen LogP contribution in [0.2, 0.25) is 0 Å². The Kier molecular flexibility index (Phi) is 5.85. The number of carbonyl (C=O) groups is 2. The van der Waals surface area contributed by atoms with Gasteiger partial charge in [-0.1, -0.05) is 12.1 Å². The number of halogens is 1. The second-order valence-corrected chi connectivity index (χ2v) is 4.74. The summed E-state index contributed by atoms with van der Waals surface area (Å²) >= 11 is 3.35. The highest BCUT2D eigenvalue weighted by molar-refractivity contribution is 9.10. The smallest absolute Gasteiger partial charge is 0.305 e. The molecule has 18 heavy (non-hydrogen) atoms. The molecule has 0 saturated heterocycles. The van der Waals surface area contributed by atoms with Gasteiger partial charge in [0.1, 0.15) is 0 Å². The largest absolute Gasteiger partial charge is 0.469 e. The summed E-state index contributed by atoms with van der Waals surface area (Å²) in [6, 6.07) is 7.27. The Labute approximate surface area is 115 Å². The maximum absolute atomic E-state index is 12.1. The number of esters is 1. The van der Waals surface area contributed by atoms with Crippen LogP contribution in [0.4, 0.5) is 0 Å². The van der Waals surface area contributed by atoms with Crippen molar-refractivity contribution in [1.82, 2.24) is 4.90 Å². The van der Waals surface area contributed by atoms with Crippen LogP contribution in [0.1, 0.15) is 23.2 Å². The molecule has 1 aromatic carbocycles. The monoisotopic (exact) mass is 313 g/mol. The lowest BCUT2D eigenvalue weighted by Crippen LogP contribution is -2.28. The average molecular weight is 314 g/mol. The van der Waals surface area contributed by atoms with Gasteiger partial charge < -0.3 is 9.64 Å². The van der Waals surface area contributed by atoms with Gasteiger partial charge in [0.2, 0.25) is 0 Å². The van der Waals surface area contributed by atoms with Crippen molar-refractivity contribution in [1.29, 1.82) is 0 Å². The summed E-state index contributed by atoms with van der Waals surface area (Å²) in [5, 5.41) is 0. The van der Waals surface area contributed by atoms with Crippen LogP contribution >= 0.6 is 15.9 Å². The Morgan fingerprint density at radius 2 is 2.00 bits per heavy atom. The van der Waals surface area contributed by atoms with Crippen molar-refractivity contribution in [2.45, 2.75) is 12.8 Å². The zero-order valence-electron chi connectivity index (χ0n) is 10.5. The minimum absolute atomic E-state index is 0.0626. The average Bonchev–Trinajstić information content (AvgIpc) is 2.38. The predicted molar refractivity (Wildman–Crippen MR) is 72.4 cm³/mol. The van der Waals surface area contributed by atoms with E-state index in [-0.39, 0.29) is 11.9 Å². The number of carbonyl (C=O) groups excluding carboxylic acids is 2. The van der Waals surface area contributed by atoms with Crippen LogP contribution in [0.3, 0.4) is 0 Å². The molecule has 0 radical (unpaired) electrons. The molecule has 1 rings (SSSR count). The van der Waals surface area contributed by atoms with E-state index < -0.39 is 0 Å². The molecule has 0 saturated carbocycles. The van der Waals surface area contributed by atoms with Gasteiger partial charge in [0.05, 0.1) is 12.7 Å².